The van der Waals surface area contributed by atoms with E-state index in [1.807, 2.05) is 12.1 Å². The molecule has 16 heavy (non-hydrogen) atoms. The molecule has 2 rings (SSSR count). The lowest BCUT2D eigenvalue weighted by Crippen LogP contribution is -2.12. The van der Waals surface area contributed by atoms with Gasteiger partial charge in [-0.3, -0.25) is 0 Å². The Hall–Kier alpha value is -1.33. The molecule has 0 amide bonds. The van der Waals surface area contributed by atoms with Gasteiger partial charge in [0.05, 0.1) is 17.2 Å². The Bertz CT molecular complexity index is 457. The van der Waals surface area contributed by atoms with Crippen LogP contribution in [0.5, 0.6) is 5.75 Å². The summed E-state index contributed by atoms with van der Waals surface area (Å²) in [7, 11) is 0. The smallest absolute Gasteiger partial charge is 0.150 e. The van der Waals surface area contributed by atoms with Crippen LogP contribution in [0.1, 0.15) is 11.3 Å². The summed E-state index contributed by atoms with van der Waals surface area (Å²) in [6.07, 6.45) is 1.60. The van der Waals surface area contributed by atoms with E-state index in [0.717, 1.165) is 11.3 Å². The molecule has 0 saturated carbocycles. The second-order valence-corrected chi connectivity index (χ2v) is 4.18. The van der Waals surface area contributed by atoms with Crippen LogP contribution in [0.15, 0.2) is 39.5 Å². The molecule has 5 heteroatoms. The summed E-state index contributed by atoms with van der Waals surface area (Å²) in [4.78, 5) is 0. The third-order valence-electron chi connectivity index (χ3n) is 2.18. The number of rotatable bonds is 4. The molecule has 1 heterocycles. The van der Waals surface area contributed by atoms with E-state index in [-0.39, 0.29) is 5.75 Å². The van der Waals surface area contributed by atoms with Crippen molar-refractivity contribution in [2.24, 2.45) is 0 Å². The first-order valence-corrected chi connectivity index (χ1v) is 5.63. The summed E-state index contributed by atoms with van der Waals surface area (Å²) in [5.41, 5.74) is 0.842. The Morgan fingerprint density at radius 2 is 2.19 bits per heavy atom. The van der Waals surface area contributed by atoms with E-state index in [0.29, 0.717) is 17.6 Å². The topological polar surface area (TPSA) is 58.3 Å². The van der Waals surface area contributed by atoms with Crippen LogP contribution < -0.4 is 5.32 Å². The van der Waals surface area contributed by atoms with Gasteiger partial charge >= 0.3 is 0 Å². The van der Waals surface area contributed by atoms with Gasteiger partial charge in [0.2, 0.25) is 0 Å². The van der Waals surface area contributed by atoms with Crippen LogP contribution in [0.25, 0.3) is 0 Å². The van der Waals surface area contributed by atoms with Gasteiger partial charge < -0.3 is 14.9 Å². The SMILES string of the molecule is Oc1c(Br)cccc1CNCc1ccno1. The fraction of sp³-hybridized carbons (Fsp3) is 0.182. The summed E-state index contributed by atoms with van der Waals surface area (Å²) < 4.78 is 5.64. The normalized spacial score (nSPS) is 10.6. The van der Waals surface area contributed by atoms with E-state index >= 15 is 0 Å². The molecule has 0 saturated heterocycles. The van der Waals surface area contributed by atoms with Crippen molar-refractivity contribution < 1.29 is 9.63 Å². The second kappa shape index (κ2) is 5.14. The van der Waals surface area contributed by atoms with Crippen LogP contribution in [0.3, 0.4) is 0 Å². The number of nitrogens with zero attached hydrogens (tertiary/aromatic N) is 1. The van der Waals surface area contributed by atoms with Crippen molar-refractivity contribution in [3.8, 4) is 5.75 Å². The van der Waals surface area contributed by atoms with E-state index in [2.05, 4.69) is 26.4 Å². The monoisotopic (exact) mass is 282 g/mol. The lowest BCUT2D eigenvalue weighted by molar-refractivity contribution is 0.372. The van der Waals surface area contributed by atoms with Gasteiger partial charge in [0.1, 0.15) is 11.5 Å². The van der Waals surface area contributed by atoms with Gasteiger partial charge in [-0.15, -0.1) is 0 Å². The van der Waals surface area contributed by atoms with E-state index in [4.69, 9.17) is 4.52 Å². The molecule has 0 aliphatic rings. The van der Waals surface area contributed by atoms with Gasteiger partial charge in [-0.1, -0.05) is 17.3 Å². The minimum absolute atomic E-state index is 0.271. The highest BCUT2D eigenvalue weighted by molar-refractivity contribution is 9.10. The Morgan fingerprint density at radius 3 is 2.94 bits per heavy atom. The maximum Gasteiger partial charge on any atom is 0.150 e. The van der Waals surface area contributed by atoms with Crippen molar-refractivity contribution in [2.75, 3.05) is 0 Å². The molecule has 0 fully saturated rings. The summed E-state index contributed by atoms with van der Waals surface area (Å²) in [5, 5.41) is 16.5. The molecule has 0 aliphatic heterocycles. The zero-order valence-corrected chi connectivity index (χ0v) is 10.1. The molecule has 1 aromatic heterocycles. The van der Waals surface area contributed by atoms with Crippen LogP contribution in [0.4, 0.5) is 0 Å². The molecule has 4 nitrogen and oxygen atoms in total. The molecule has 0 radical (unpaired) electrons. The number of hydrogen-bond acceptors (Lipinski definition) is 4. The fourth-order valence-electron chi connectivity index (χ4n) is 1.36. The van der Waals surface area contributed by atoms with Crippen molar-refractivity contribution in [2.45, 2.75) is 13.1 Å². The number of aromatic nitrogens is 1. The molecule has 0 atom stereocenters. The van der Waals surface area contributed by atoms with Crippen LogP contribution in [-0.2, 0) is 13.1 Å². The van der Waals surface area contributed by atoms with Gasteiger partial charge in [0.15, 0.2) is 0 Å². The summed E-state index contributed by atoms with van der Waals surface area (Å²) in [6.45, 7) is 1.16. The zero-order valence-electron chi connectivity index (χ0n) is 8.48. The van der Waals surface area contributed by atoms with E-state index in [1.54, 1.807) is 18.3 Å². The van der Waals surface area contributed by atoms with Crippen LogP contribution in [0, 0.1) is 0 Å². The Kier molecular flexibility index (Phi) is 3.58. The number of phenols is 1. The predicted molar refractivity (Wildman–Crippen MR) is 62.9 cm³/mol. The third kappa shape index (κ3) is 2.62. The third-order valence-corrected chi connectivity index (χ3v) is 2.82. The summed E-state index contributed by atoms with van der Waals surface area (Å²) >= 11 is 3.27. The average molecular weight is 283 g/mol. The standard InChI is InChI=1S/C11H11BrN2O2/c12-10-3-1-2-8(11(10)15)6-13-7-9-4-5-14-16-9/h1-5,13,15H,6-7H2. The van der Waals surface area contributed by atoms with E-state index in [1.165, 1.54) is 0 Å². The highest BCUT2D eigenvalue weighted by Gasteiger charge is 2.04. The molecule has 0 aliphatic carbocycles. The molecular formula is C11H11BrN2O2. The van der Waals surface area contributed by atoms with E-state index < -0.39 is 0 Å². The summed E-state index contributed by atoms with van der Waals surface area (Å²) in [6, 6.07) is 7.35. The molecule has 2 aromatic rings. The van der Waals surface area contributed by atoms with Crippen molar-refractivity contribution in [3.63, 3.8) is 0 Å². The van der Waals surface area contributed by atoms with E-state index in [9.17, 15) is 5.11 Å². The number of para-hydroxylation sites is 1. The van der Waals surface area contributed by atoms with Crippen molar-refractivity contribution in [1.29, 1.82) is 0 Å². The van der Waals surface area contributed by atoms with Gasteiger partial charge in [-0.2, -0.15) is 0 Å². The first-order valence-electron chi connectivity index (χ1n) is 4.84. The number of hydrogen-bond donors (Lipinski definition) is 2. The second-order valence-electron chi connectivity index (χ2n) is 3.33. The fourth-order valence-corrected chi connectivity index (χ4v) is 1.76. The maximum atomic E-state index is 9.73. The first-order chi connectivity index (χ1) is 7.77. The highest BCUT2D eigenvalue weighted by Crippen LogP contribution is 2.27. The average Bonchev–Trinajstić information content (AvgIpc) is 2.77. The molecule has 2 N–H and O–H groups in total. The van der Waals surface area contributed by atoms with Gasteiger partial charge in [0.25, 0.3) is 0 Å². The van der Waals surface area contributed by atoms with Gasteiger partial charge in [0, 0.05) is 18.2 Å². The van der Waals surface area contributed by atoms with Crippen molar-refractivity contribution in [3.05, 3.63) is 46.3 Å². The number of nitrogens with one attached hydrogen (secondary N) is 1. The lowest BCUT2D eigenvalue weighted by Gasteiger charge is -2.06. The van der Waals surface area contributed by atoms with Crippen molar-refractivity contribution in [1.82, 2.24) is 10.5 Å². The number of halogens is 1. The first kappa shape index (κ1) is 11.2. The summed E-state index contributed by atoms with van der Waals surface area (Å²) in [5.74, 6) is 1.04. The maximum absolute atomic E-state index is 9.73. The minimum Gasteiger partial charge on any atom is -0.506 e. The molecule has 0 unspecified atom stereocenters. The molecule has 0 bridgehead atoms. The molecule has 1 aromatic carbocycles. The van der Waals surface area contributed by atoms with Crippen LogP contribution in [0.2, 0.25) is 0 Å². The minimum atomic E-state index is 0.271. The van der Waals surface area contributed by atoms with Crippen LogP contribution >= 0.6 is 15.9 Å². The molecule has 0 spiro atoms. The number of benzene rings is 1. The number of phenolic OH excluding ortho intramolecular Hbond substituents is 1. The number of aromatic hydroxyl groups is 1. The van der Waals surface area contributed by atoms with Crippen molar-refractivity contribution >= 4 is 15.9 Å². The Labute approximate surface area is 101 Å². The quantitative estimate of drug-likeness (QED) is 0.904. The largest absolute Gasteiger partial charge is 0.506 e. The zero-order chi connectivity index (χ0) is 11.4. The molecular weight excluding hydrogens is 272 g/mol. The predicted octanol–water partition coefficient (Wildman–Crippen LogP) is 2.43. The van der Waals surface area contributed by atoms with Gasteiger partial charge in [-0.25, -0.2) is 0 Å². The van der Waals surface area contributed by atoms with Gasteiger partial charge in [-0.05, 0) is 22.0 Å². The lowest BCUT2D eigenvalue weighted by atomic mass is 10.2. The Balaban J connectivity index is 1.92. The Morgan fingerprint density at radius 1 is 1.31 bits per heavy atom. The van der Waals surface area contributed by atoms with Crippen LogP contribution in [-0.4, -0.2) is 10.3 Å². The molecule has 84 valence electrons. The highest BCUT2D eigenvalue weighted by atomic mass is 79.9.